The number of hydrogen-bond acceptors (Lipinski definition) is 18. The number of halogens is 2. The van der Waals surface area contributed by atoms with Gasteiger partial charge in [0, 0.05) is 126 Å². The van der Waals surface area contributed by atoms with Crippen LogP contribution in [0.4, 0.5) is 0 Å². The molecule has 0 spiro atoms. The summed E-state index contributed by atoms with van der Waals surface area (Å²) in [4.78, 5) is 64.9. The molecule has 0 aliphatic heterocycles. The summed E-state index contributed by atoms with van der Waals surface area (Å²) >= 11 is 8.02. The number of phenols is 1. The summed E-state index contributed by atoms with van der Waals surface area (Å²) in [5.74, 6) is 1.56. The Morgan fingerprint density at radius 2 is 0.805 bits per heavy atom. The van der Waals surface area contributed by atoms with Crippen LogP contribution in [0.5, 0.6) is 23.0 Å². The van der Waals surface area contributed by atoms with Crippen molar-refractivity contribution >= 4 is 82.6 Å². The number of hydrogen-bond donors (Lipinski definition) is 4. The van der Waals surface area contributed by atoms with Gasteiger partial charge in [-0.15, -0.1) is 0 Å². The summed E-state index contributed by atoms with van der Waals surface area (Å²) in [7, 11) is 0. The molecule has 8 aromatic rings. The molecule has 0 amide bonds. The zero-order chi connectivity index (χ0) is 55.8. The monoisotopic (exact) mass is 1150 g/mol. The number of carbonyl (C=O) groups is 2. The number of rotatable bonds is 17. The van der Waals surface area contributed by atoms with Gasteiger partial charge in [0.05, 0.1) is 26.4 Å². The molecule has 77 heavy (non-hydrogen) atoms. The van der Waals surface area contributed by atoms with Gasteiger partial charge in [-0.2, -0.15) is 0 Å². The number of benzene rings is 4. The largest absolute Gasteiger partial charge is 0.508 e. The number of allylic oxidation sites excluding steroid dienone is 1. The van der Waals surface area contributed by atoms with Gasteiger partial charge in [0.1, 0.15) is 45.3 Å². The highest BCUT2D eigenvalue weighted by molar-refractivity contribution is 9.09. The Hall–Kier alpha value is -7.81. The first kappa shape index (κ1) is 65.3. The zero-order valence-electron chi connectivity index (χ0n) is 41.7. The maximum absolute atomic E-state index is 11.1. The molecule has 18 nitrogen and oxygen atoms in total. The van der Waals surface area contributed by atoms with Crippen molar-refractivity contribution in [2.24, 2.45) is 0 Å². The first-order chi connectivity index (χ1) is 36.5. The highest BCUT2D eigenvalue weighted by Gasteiger charge is 2.05. The standard InChI is InChI=1S/C16H16O5.2C12H12O4.C9H6O3.C4H5ClO.C3H7BrO.CH4/c1-11(2)16(18)20-9-3-8-19-13-6-4-12-5-7-15(17)21-14(12)10-13;2*13-6-1-7-15-10-4-2-9-3-5-12(14)16-11(9)8-10;10-7-3-1-6-2-4-9(11)12-8(6)5-7;1-3(2)4(5)6;4-2-1-3-5;/h4-7,10H,1,3,8-9H2,2H3;2*2-5,8,13H,1,6-7H2;1-5,10H;1H2,2H3;5H,1-3H2;1H4. The van der Waals surface area contributed by atoms with Crippen LogP contribution >= 0.6 is 27.5 Å². The molecule has 0 aliphatic carbocycles. The second kappa shape index (κ2) is 36.2. The van der Waals surface area contributed by atoms with E-state index in [4.69, 9.17) is 68.6 Å². The van der Waals surface area contributed by atoms with Crippen LogP contribution in [0.1, 0.15) is 47.0 Å². The Bertz CT molecular complexity index is 3250. The lowest BCUT2D eigenvalue weighted by Crippen LogP contribution is -2.09. The van der Waals surface area contributed by atoms with Crippen molar-refractivity contribution < 1.29 is 66.6 Å². The lowest BCUT2D eigenvalue weighted by Gasteiger charge is -2.07. The Kier molecular flexibility index (Phi) is 30.7. The van der Waals surface area contributed by atoms with Gasteiger partial charge in [-0.3, -0.25) is 4.79 Å². The summed E-state index contributed by atoms with van der Waals surface area (Å²) in [6, 6.07) is 32.8. The predicted molar refractivity (Wildman–Crippen MR) is 300 cm³/mol. The van der Waals surface area contributed by atoms with Crippen LogP contribution in [0.25, 0.3) is 43.9 Å². The number of ether oxygens (including phenoxy) is 4. The molecule has 8 rings (SSSR count). The third-order valence-corrected chi connectivity index (χ3v) is 10.2. The summed E-state index contributed by atoms with van der Waals surface area (Å²) in [6.45, 7) is 12.0. The average molecular weight is 1150 g/mol. The quantitative estimate of drug-likeness (QED) is 0.0165. The molecule has 4 N–H and O–H groups in total. The van der Waals surface area contributed by atoms with Gasteiger partial charge in [0.25, 0.3) is 0 Å². The van der Waals surface area contributed by atoms with E-state index >= 15 is 0 Å². The molecular formula is C57H62BrClO18. The van der Waals surface area contributed by atoms with Crippen LogP contribution in [0.3, 0.4) is 0 Å². The van der Waals surface area contributed by atoms with Crippen LogP contribution < -0.4 is 36.7 Å². The minimum Gasteiger partial charge on any atom is -0.508 e. The fraction of sp³-hybridized carbons (Fsp3) is 0.263. The Labute approximate surface area is 456 Å². The van der Waals surface area contributed by atoms with E-state index in [1.807, 2.05) is 18.2 Å². The molecule has 0 saturated heterocycles. The van der Waals surface area contributed by atoms with E-state index < -0.39 is 22.5 Å². The van der Waals surface area contributed by atoms with Crippen LogP contribution in [0, 0.1) is 0 Å². The topological polar surface area (TPSA) is 273 Å². The van der Waals surface area contributed by atoms with Crippen LogP contribution in [0.2, 0.25) is 0 Å². The van der Waals surface area contributed by atoms with E-state index in [1.165, 1.54) is 30.3 Å². The molecular weight excluding hydrogens is 1090 g/mol. The van der Waals surface area contributed by atoms with Gasteiger partial charge >= 0.3 is 28.5 Å². The third kappa shape index (κ3) is 25.5. The van der Waals surface area contributed by atoms with Gasteiger partial charge in [-0.1, -0.05) is 36.5 Å². The van der Waals surface area contributed by atoms with E-state index in [9.17, 15) is 28.8 Å². The number of aliphatic hydroxyl groups is 3. The molecule has 0 aliphatic rings. The van der Waals surface area contributed by atoms with E-state index in [0.29, 0.717) is 96.4 Å². The van der Waals surface area contributed by atoms with Crippen LogP contribution in [-0.2, 0) is 14.3 Å². The predicted octanol–water partition coefficient (Wildman–Crippen LogP) is 10.0. The lowest BCUT2D eigenvalue weighted by atomic mass is 10.2. The first-order valence-corrected chi connectivity index (χ1v) is 24.8. The minimum atomic E-state index is -0.463. The Morgan fingerprint density at radius 1 is 0.494 bits per heavy atom. The molecule has 4 heterocycles. The van der Waals surface area contributed by atoms with Crippen molar-refractivity contribution in [2.45, 2.75) is 47.0 Å². The van der Waals surface area contributed by atoms with Gasteiger partial charge in [-0.25, -0.2) is 24.0 Å². The van der Waals surface area contributed by atoms with Crippen molar-refractivity contribution in [3.8, 4) is 23.0 Å². The molecule has 20 heteroatoms. The fourth-order valence-electron chi connectivity index (χ4n) is 5.55. The summed E-state index contributed by atoms with van der Waals surface area (Å²) < 4.78 is 41.2. The Morgan fingerprint density at radius 3 is 1.10 bits per heavy atom. The van der Waals surface area contributed by atoms with Crippen molar-refractivity contribution in [3.63, 3.8) is 0 Å². The first-order valence-electron chi connectivity index (χ1n) is 23.3. The molecule has 0 atom stereocenters. The normalized spacial score (nSPS) is 9.96. The number of alkyl halides is 1. The number of phenolic OH excluding ortho intramolecular Hbond substituents is 1. The molecule has 0 saturated carbocycles. The number of aliphatic hydroxyl groups excluding tert-OH is 3. The third-order valence-electron chi connectivity index (χ3n) is 9.30. The Balaban J connectivity index is 0.000000332. The van der Waals surface area contributed by atoms with Gasteiger partial charge in [0.15, 0.2) is 0 Å². The van der Waals surface area contributed by atoms with E-state index in [0.717, 1.165) is 33.3 Å². The SMILES string of the molecule is C.C=C(C)C(=O)Cl.C=C(C)C(=O)OCCCOc1ccc2ccc(=O)oc2c1.O=c1ccc2ccc(O)cc2o1.O=c1ccc2ccc(OCCCO)cc2o1.O=c1ccc2ccc(OCCCO)cc2o1.OCCCBr. The second-order valence-electron chi connectivity index (χ2n) is 15.6. The van der Waals surface area contributed by atoms with Gasteiger partial charge in [0.2, 0.25) is 5.24 Å². The van der Waals surface area contributed by atoms with Crippen LogP contribution in [-0.4, -0.2) is 83.2 Å². The van der Waals surface area contributed by atoms with Crippen molar-refractivity contribution in [1.29, 1.82) is 0 Å². The highest BCUT2D eigenvalue weighted by atomic mass is 79.9. The minimum absolute atomic E-state index is 0. The summed E-state index contributed by atoms with van der Waals surface area (Å²) in [5.41, 5.74) is 1.11. The van der Waals surface area contributed by atoms with Crippen molar-refractivity contribution in [1.82, 2.24) is 0 Å². The molecule has 0 radical (unpaired) electrons. The van der Waals surface area contributed by atoms with Gasteiger partial charge < -0.3 is 57.0 Å². The van der Waals surface area contributed by atoms with E-state index in [-0.39, 0.29) is 44.2 Å². The number of carbonyl (C=O) groups excluding carboxylic acids is 2. The number of esters is 1. The second-order valence-corrected chi connectivity index (χ2v) is 16.8. The highest BCUT2D eigenvalue weighted by Crippen LogP contribution is 2.22. The molecule has 4 aromatic carbocycles. The van der Waals surface area contributed by atoms with Crippen molar-refractivity contribution in [3.05, 3.63) is 187 Å². The number of fused-ring (bicyclic) bond motifs is 4. The molecule has 4 aromatic heterocycles. The van der Waals surface area contributed by atoms with E-state index in [2.05, 4.69) is 29.1 Å². The average Bonchev–Trinajstić information content (AvgIpc) is 3.39. The fourth-order valence-corrected chi connectivity index (χ4v) is 5.80. The van der Waals surface area contributed by atoms with Crippen molar-refractivity contribution in [2.75, 3.05) is 51.6 Å². The maximum Gasteiger partial charge on any atom is 0.336 e. The smallest absolute Gasteiger partial charge is 0.336 e. The van der Waals surface area contributed by atoms with E-state index in [1.54, 1.807) is 86.6 Å². The molecule has 0 unspecified atom stereocenters. The lowest BCUT2D eigenvalue weighted by molar-refractivity contribution is -0.139. The zero-order valence-corrected chi connectivity index (χ0v) is 44.0. The molecule has 0 bridgehead atoms. The molecule has 0 fully saturated rings. The maximum atomic E-state index is 11.1. The summed E-state index contributed by atoms with van der Waals surface area (Å²) in [5, 5.41) is 38.1. The van der Waals surface area contributed by atoms with Gasteiger partial charge in [-0.05, 0) is 105 Å². The number of aromatic hydroxyl groups is 1. The van der Waals surface area contributed by atoms with Crippen LogP contribution in [0.15, 0.2) is 182 Å². The molecule has 412 valence electrons. The summed E-state index contributed by atoms with van der Waals surface area (Å²) in [6.07, 6.45) is 2.59.